The van der Waals surface area contributed by atoms with Gasteiger partial charge in [0.1, 0.15) is 0 Å². The minimum Gasteiger partial charge on any atom is -0.353 e. The van der Waals surface area contributed by atoms with Crippen LogP contribution in [0.25, 0.3) is 0 Å². The van der Waals surface area contributed by atoms with Crippen molar-refractivity contribution in [1.82, 2.24) is 5.32 Å². The highest BCUT2D eigenvalue weighted by Gasteiger charge is 2.46. The number of nitrogens with one attached hydrogen (secondary N) is 2. The highest BCUT2D eigenvalue weighted by Crippen LogP contribution is 2.44. The van der Waals surface area contributed by atoms with Crippen LogP contribution in [-0.4, -0.2) is 20.4 Å². The second-order valence-corrected chi connectivity index (χ2v) is 9.92. The largest absolute Gasteiger partial charge is 0.353 e. The van der Waals surface area contributed by atoms with E-state index in [2.05, 4.69) is 26.0 Å². The Morgan fingerprint density at radius 3 is 2.15 bits per heavy atom. The van der Waals surface area contributed by atoms with Gasteiger partial charge in [0.15, 0.2) is 0 Å². The molecule has 2 aromatic carbocycles. The van der Waals surface area contributed by atoms with E-state index in [0.29, 0.717) is 11.7 Å². The van der Waals surface area contributed by atoms with E-state index in [4.69, 9.17) is 0 Å². The van der Waals surface area contributed by atoms with E-state index in [1.165, 1.54) is 0 Å². The zero-order valence-corrected chi connectivity index (χ0v) is 17.1. The number of anilines is 1. The van der Waals surface area contributed by atoms with Crippen molar-refractivity contribution in [3.05, 3.63) is 58.6 Å². The summed E-state index contributed by atoms with van der Waals surface area (Å²) in [7, 11) is -3.64. The fraction of sp³-hybridized carbons (Fsp3) is 0.350. The molecule has 0 saturated heterocycles. The Labute approximate surface area is 167 Å². The van der Waals surface area contributed by atoms with Crippen molar-refractivity contribution in [2.24, 2.45) is 0 Å². The molecule has 0 atom stereocenters. The molecule has 0 radical (unpaired) electrons. The second-order valence-electron chi connectivity index (χ2n) is 7.32. The van der Waals surface area contributed by atoms with E-state index in [0.717, 1.165) is 42.1 Å². The first-order chi connectivity index (χ1) is 12.9. The molecule has 7 heteroatoms. The van der Waals surface area contributed by atoms with Gasteiger partial charge in [-0.25, -0.2) is 8.42 Å². The Kier molecular flexibility index (Phi) is 4.76. The van der Waals surface area contributed by atoms with E-state index < -0.39 is 15.4 Å². The van der Waals surface area contributed by atoms with Crippen molar-refractivity contribution in [3.8, 4) is 0 Å². The molecule has 1 amide bonds. The highest BCUT2D eigenvalue weighted by atomic mass is 79.9. The maximum Gasteiger partial charge on any atom is 0.261 e. The number of carbonyl (C=O) groups is 1. The van der Waals surface area contributed by atoms with Gasteiger partial charge in [-0.3, -0.25) is 9.52 Å². The Morgan fingerprint density at radius 2 is 1.63 bits per heavy atom. The Bertz CT molecular complexity index is 948. The number of halogens is 1. The molecule has 2 aromatic rings. The van der Waals surface area contributed by atoms with Crippen LogP contribution in [-0.2, 0) is 20.2 Å². The summed E-state index contributed by atoms with van der Waals surface area (Å²) >= 11 is 3.30. The molecule has 2 N–H and O–H groups in total. The van der Waals surface area contributed by atoms with Crippen molar-refractivity contribution < 1.29 is 13.2 Å². The van der Waals surface area contributed by atoms with E-state index in [-0.39, 0.29) is 10.8 Å². The molecule has 4 rings (SSSR count). The number of hydrogen-bond donors (Lipinski definition) is 2. The van der Waals surface area contributed by atoms with E-state index in [1.807, 2.05) is 12.1 Å². The van der Waals surface area contributed by atoms with Crippen LogP contribution in [0, 0.1) is 0 Å². The quantitative estimate of drug-likeness (QED) is 0.702. The average Bonchev–Trinajstić information content (AvgIpc) is 3.39. The fourth-order valence-corrected chi connectivity index (χ4v) is 4.74. The lowest BCUT2D eigenvalue weighted by molar-refractivity contribution is -0.130. The number of carbonyl (C=O) groups excluding carboxylic acids is 1. The molecule has 2 aliphatic carbocycles. The maximum atomic E-state index is 12.7. The van der Waals surface area contributed by atoms with Gasteiger partial charge in [-0.2, -0.15) is 0 Å². The minimum atomic E-state index is -3.64. The van der Waals surface area contributed by atoms with Crippen molar-refractivity contribution in [2.75, 3.05) is 4.72 Å². The smallest absolute Gasteiger partial charge is 0.261 e. The molecule has 0 spiro atoms. The SMILES string of the molecule is O=C(NC1CC1)C1(c2ccc(NS(=O)(=O)c3ccc(Br)cc3)cc2)CCC1. The molecule has 2 saturated carbocycles. The molecular weight excluding hydrogens is 428 g/mol. The number of amides is 1. The van der Waals surface area contributed by atoms with Crippen molar-refractivity contribution in [2.45, 2.75) is 48.5 Å². The molecular formula is C20H21BrN2O3S. The van der Waals surface area contributed by atoms with Crippen molar-refractivity contribution >= 4 is 37.5 Å². The van der Waals surface area contributed by atoms with Crippen LogP contribution >= 0.6 is 15.9 Å². The Balaban J connectivity index is 1.51. The van der Waals surface area contributed by atoms with Gasteiger partial charge in [0.05, 0.1) is 10.3 Å². The molecule has 0 unspecified atom stereocenters. The predicted octanol–water partition coefficient (Wildman–Crippen LogP) is 3.95. The topological polar surface area (TPSA) is 75.3 Å². The summed E-state index contributed by atoms with van der Waals surface area (Å²) in [5.41, 5.74) is 0.989. The van der Waals surface area contributed by atoms with Crippen molar-refractivity contribution in [3.63, 3.8) is 0 Å². The first-order valence-corrected chi connectivity index (χ1v) is 11.4. The molecule has 142 valence electrons. The molecule has 0 aliphatic heterocycles. The van der Waals surface area contributed by atoms with Gasteiger partial charge in [0.2, 0.25) is 5.91 Å². The van der Waals surface area contributed by atoms with Gasteiger partial charge in [0.25, 0.3) is 10.0 Å². The van der Waals surface area contributed by atoms with Gasteiger partial charge in [-0.15, -0.1) is 0 Å². The van der Waals surface area contributed by atoms with Crippen LogP contribution in [0.2, 0.25) is 0 Å². The number of benzene rings is 2. The third kappa shape index (κ3) is 3.75. The summed E-state index contributed by atoms with van der Waals surface area (Å²) in [5.74, 6) is 0.111. The average molecular weight is 449 g/mol. The lowest BCUT2D eigenvalue weighted by Crippen LogP contribution is -2.49. The Morgan fingerprint density at radius 1 is 1.00 bits per heavy atom. The summed E-state index contributed by atoms with van der Waals surface area (Å²) in [6, 6.07) is 14.0. The lowest BCUT2D eigenvalue weighted by Gasteiger charge is -2.40. The zero-order chi connectivity index (χ0) is 19.1. The minimum absolute atomic E-state index is 0.111. The molecule has 5 nitrogen and oxygen atoms in total. The third-order valence-corrected chi connectivity index (χ3v) is 7.29. The summed E-state index contributed by atoms with van der Waals surface area (Å²) in [6.45, 7) is 0. The van der Waals surface area contributed by atoms with Crippen LogP contribution in [0.1, 0.15) is 37.7 Å². The van der Waals surface area contributed by atoms with E-state index >= 15 is 0 Å². The Hall–Kier alpha value is -1.86. The number of hydrogen-bond acceptors (Lipinski definition) is 3. The van der Waals surface area contributed by atoms with Crippen LogP contribution in [0.5, 0.6) is 0 Å². The maximum absolute atomic E-state index is 12.7. The summed E-state index contributed by atoms with van der Waals surface area (Å²) < 4.78 is 28.4. The third-order valence-electron chi connectivity index (χ3n) is 5.37. The van der Waals surface area contributed by atoms with Gasteiger partial charge in [-0.05, 0) is 67.6 Å². The number of sulfonamides is 1. The summed E-state index contributed by atoms with van der Waals surface area (Å²) in [4.78, 5) is 12.9. The summed E-state index contributed by atoms with van der Waals surface area (Å²) in [5, 5.41) is 3.12. The molecule has 0 aromatic heterocycles. The van der Waals surface area contributed by atoms with Gasteiger partial charge in [0, 0.05) is 16.2 Å². The van der Waals surface area contributed by atoms with Gasteiger partial charge < -0.3 is 5.32 Å². The monoisotopic (exact) mass is 448 g/mol. The fourth-order valence-electron chi connectivity index (χ4n) is 3.41. The van der Waals surface area contributed by atoms with Crippen LogP contribution in [0.15, 0.2) is 57.9 Å². The van der Waals surface area contributed by atoms with Gasteiger partial charge >= 0.3 is 0 Å². The highest BCUT2D eigenvalue weighted by molar-refractivity contribution is 9.10. The van der Waals surface area contributed by atoms with Crippen LogP contribution in [0.4, 0.5) is 5.69 Å². The van der Waals surface area contributed by atoms with Gasteiger partial charge in [-0.1, -0.05) is 34.5 Å². The van der Waals surface area contributed by atoms with Crippen LogP contribution < -0.4 is 10.0 Å². The molecule has 2 fully saturated rings. The standard InChI is InChI=1S/C20H21BrN2O3S/c21-15-4-10-18(11-5-15)27(25,26)23-17-6-2-14(3-7-17)20(12-1-13-20)19(24)22-16-8-9-16/h2-7,10-11,16,23H,1,8-9,12-13H2,(H,22,24). The summed E-state index contributed by atoms with van der Waals surface area (Å²) in [6.07, 6.45) is 4.86. The molecule has 27 heavy (non-hydrogen) atoms. The van der Waals surface area contributed by atoms with Crippen LogP contribution in [0.3, 0.4) is 0 Å². The second kappa shape index (κ2) is 6.95. The first kappa shape index (κ1) is 18.5. The first-order valence-electron chi connectivity index (χ1n) is 9.09. The van der Waals surface area contributed by atoms with E-state index in [9.17, 15) is 13.2 Å². The lowest BCUT2D eigenvalue weighted by atomic mass is 9.63. The molecule has 0 heterocycles. The molecule has 2 aliphatic rings. The van der Waals surface area contributed by atoms with E-state index in [1.54, 1.807) is 36.4 Å². The predicted molar refractivity (Wildman–Crippen MR) is 108 cm³/mol. The molecule has 0 bridgehead atoms. The number of rotatable bonds is 6. The zero-order valence-electron chi connectivity index (χ0n) is 14.7. The normalized spacial score (nSPS) is 18.4. The van der Waals surface area contributed by atoms with Crippen molar-refractivity contribution in [1.29, 1.82) is 0 Å².